The molecule has 0 bridgehead atoms. The lowest BCUT2D eigenvalue weighted by atomic mass is 10.0. The first kappa shape index (κ1) is 13.3. The van der Waals surface area contributed by atoms with Gasteiger partial charge in [-0.25, -0.2) is 8.78 Å². The molecule has 0 saturated heterocycles. The van der Waals surface area contributed by atoms with Crippen molar-refractivity contribution >= 4 is 46.0 Å². The van der Waals surface area contributed by atoms with Crippen LogP contribution in [0.2, 0.25) is 8.67 Å². The Morgan fingerprint density at radius 2 is 1.94 bits per heavy atom. The maximum atomic E-state index is 13.7. The summed E-state index contributed by atoms with van der Waals surface area (Å²) in [5.74, 6) is -2.98. The van der Waals surface area contributed by atoms with Gasteiger partial charge in [0.2, 0.25) is 5.78 Å². The van der Waals surface area contributed by atoms with Gasteiger partial charge in [-0.15, -0.1) is 11.3 Å². The molecule has 94 valence electrons. The van der Waals surface area contributed by atoms with Gasteiger partial charge >= 0.3 is 0 Å². The Bertz CT molecular complexity index is 642. The molecule has 0 spiro atoms. The van der Waals surface area contributed by atoms with Crippen LogP contribution < -0.4 is 5.73 Å². The smallest absolute Gasteiger partial charge is 0.201 e. The van der Waals surface area contributed by atoms with Gasteiger partial charge in [0.15, 0.2) is 5.82 Å². The van der Waals surface area contributed by atoms with E-state index in [2.05, 4.69) is 0 Å². The Balaban J connectivity index is 2.60. The number of carbonyl (C=O) groups is 1. The summed E-state index contributed by atoms with van der Waals surface area (Å²) in [7, 11) is 0. The number of ketones is 1. The van der Waals surface area contributed by atoms with E-state index in [4.69, 9.17) is 28.9 Å². The maximum Gasteiger partial charge on any atom is 0.201 e. The summed E-state index contributed by atoms with van der Waals surface area (Å²) in [5, 5.41) is 0. The molecule has 2 nitrogen and oxygen atoms in total. The molecule has 2 aromatic rings. The van der Waals surface area contributed by atoms with E-state index in [0.29, 0.717) is 0 Å². The fraction of sp³-hybridized carbons (Fsp3) is 0. The zero-order valence-electron chi connectivity index (χ0n) is 8.64. The lowest BCUT2D eigenvalue weighted by Crippen LogP contribution is -2.09. The van der Waals surface area contributed by atoms with Crippen LogP contribution in [0.15, 0.2) is 18.2 Å². The third-order valence-electron chi connectivity index (χ3n) is 2.25. The van der Waals surface area contributed by atoms with Crippen molar-refractivity contribution in [1.29, 1.82) is 0 Å². The quantitative estimate of drug-likeness (QED) is 0.669. The zero-order chi connectivity index (χ0) is 13.4. The van der Waals surface area contributed by atoms with Gasteiger partial charge in [-0.05, 0) is 18.2 Å². The van der Waals surface area contributed by atoms with Crippen LogP contribution >= 0.6 is 34.5 Å². The van der Waals surface area contributed by atoms with Crippen molar-refractivity contribution in [3.8, 4) is 0 Å². The summed E-state index contributed by atoms with van der Waals surface area (Å²) < 4.78 is 27.5. The highest BCUT2D eigenvalue weighted by Gasteiger charge is 2.24. The van der Waals surface area contributed by atoms with Crippen molar-refractivity contribution in [2.24, 2.45) is 0 Å². The van der Waals surface area contributed by atoms with Crippen LogP contribution in [0.1, 0.15) is 15.9 Å². The number of carbonyl (C=O) groups excluding carboxylic acids is 1. The second-order valence-electron chi connectivity index (χ2n) is 3.39. The molecule has 1 aromatic carbocycles. The Labute approximate surface area is 115 Å². The van der Waals surface area contributed by atoms with Crippen molar-refractivity contribution < 1.29 is 13.6 Å². The van der Waals surface area contributed by atoms with Crippen LogP contribution in [0.5, 0.6) is 0 Å². The molecule has 1 aromatic heterocycles. The number of nitrogens with two attached hydrogens (primary N) is 1. The zero-order valence-corrected chi connectivity index (χ0v) is 11.0. The second-order valence-corrected chi connectivity index (χ2v) is 5.68. The van der Waals surface area contributed by atoms with Gasteiger partial charge in [0.05, 0.1) is 21.2 Å². The molecular formula is C11H5Cl2F2NOS. The molecule has 0 amide bonds. The van der Waals surface area contributed by atoms with Gasteiger partial charge < -0.3 is 5.73 Å². The van der Waals surface area contributed by atoms with Gasteiger partial charge in [-0.3, -0.25) is 4.79 Å². The molecule has 0 aliphatic rings. The van der Waals surface area contributed by atoms with Gasteiger partial charge in [0, 0.05) is 0 Å². The summed E-state index contributed by atoms with van der Waals surface area (Å²) in [6.45, 7) is 0. The van der Waals surface area contributed by atoms with Gasteiger partial charge in [0.25, 0.3) is 0 Å². The Kier molecular flexibility index (Phi) is 3.56. The van der Waals surface area contributed by atoms with Crippen molar-refractivity contribution in [2.45, 2.75) is 0 Å². The van der Waals surface area contributed by atoms with Crippen LogP contribution in [-0.4, -0.2) is 5.78 Å². The summed E-state index contributed by atoms with van der Waals surface area (Å²) >= 11 is 12.4. The lowest BCUT2D eigenvalue weighted by molar-refractivity contribution is 0.103. The fourth-order valence-electron chi connectivity index (χ4n) is 1.41. The maximum absolute atomic E-state index is 13.7. The van der Waals surface area contributed by atoms with Crippen molar-refractivity contribution in [2.75, 3.05) is 5.73 Å². The third-order valence-corrected chi connectivity index (χ3v) is 3.74. The van der Waals surface area contributed by atoms with Crippen LogP contribution in [0, 0.1) is 11.6 Å². The molecule has 0 fully saturated rings. The highest BCUT2D eigenvalue weighted by atomic mass is 35.5. The molecule has 0 unspecified atom stereocenters. The molecule has 2 rings (SSSR count). The van der Waals surface area contributed by atoms with Gasteiger partial charge in [-0.1, -0.05) is 23.2 Å². The minimum atomic E-state index is -1.10. The van der Waals surface area contributed by atoms with E-state index in [1.165, 1.54) is 6.07 Å². The predicted octanol–water partition coefficient (Wildman–Crippen LogP) is 4.15. The highest BCUT2D eigenvalue weighted by molar-refractivity contribution is 7.20. The van der Waals surface area contributed by atoms with Crippen LogP contribution in [0.25, 0.3) is 0 Å². The summed E-state index contributed by atoms with van der Waals surface area (Å²) in [6.07, 6.45) is 0. The third kappa shape index (κ3) is 2.21. The van der Waals surface area contributed by atoms with Crippen molar-refractivity contribution in [1.82, 2.24) is 0 Å². The Morgan fingerprint density at radius 1 is 1.28 bits per heavy atom. The number of anilines is 1. The van der Waals surface area contributed by atoms with E-state index in [9.17, 15) is 13.6 Å². The molecule has 18 heavy (non-hydrogen) atoms. The number of hydrogen-bond acceptors (Lipinski definition) is 3. The molecule has 0 aliphatic carbocycles. The molecule has 2 N–H and O–H groups in total. The molecule has 0 atom stereocenters. The Hall–Kier alpha value is -1.17. The monoisotopic (exact) mass is 307 g/mol. The number of benzene rings is 1. The first-order chi connectivity index (χ1) is 8.41. The standard InChI is InChI=1S/C11H5Cl2F2NOS/c12-7-3-4(11(13)18-7)10(17)8-5(14)1-2-6(16)9(8)15/h1-3H,16H2. The predicted molar refractivity (Wildman–Crippen MR) is 68.5 cm³/mol. The van der Waals surface area contributed by atoms with Gasteiger partial charge in [0.1, 0.15) is 10.2 Å². The van der Waals surface area contributed by atoms with E-state index >= 15 is 0 Å². The van der Waals surface area contributed by atoms with Crippen molar-refractivity contribution in [3.63, 3.8) is 0 Å². The van der Waals surface area contributed by atoms with E-state index in [1.54, 1.807) is 0 Å². The fourth-order valence-corrected chi connectivity index (χ4v) is 2.86. The van der Waals surface area contributed by atoms with E-state index in [0.717, 1.165) is 23.5 Å². The minimum Gasteiger partial charge on any atom is -0.396 e. The van der Waals surface area contributed by atoms with Crippen molar-refractivity contribution in [3.05, 3.63) is 49.6 Å². The number of halogens is 4. The lowest BCUT2D eigenvalue weighted by Gasteiger charge is -2.05. The molecule has 0 saturated carbocycles. The van der Waals surface area contributed by atoms with E-state index in [1.807, 2.05) is 0 Å². The summed E-state index contributed by atoms with van der Waals surface area (Å²) in [4.78, 5) is 12.0. The number of rotatable bonds is 2. The SMILES string of the molecule is Nc1ccc(F)c(C(=O)c2cc(Cl)sc2Cl)c1F. The van der Waals surface area contributed by atoms with E-state index in [-0.39, 0.29) is 19.9 Å². The van der Waals surface area contributed by atoms with Crippen LogP contribution in [0.4, 0.5) is 14.5 Å². The normalized spacial score (nSPS) is 10.7. The summed E-state index contributed by atoms with van der Waals surface area (Å²) in [6, 6.07) is 3.23. The molecular weight excluding hydrogens is 303 g/mol. The van der Waals surface area contributed by atoms with Crippen LogP contribution in [0.3, 0.4) is 0 Å². The summed E-state index contributed by atoms with van der Waals surface area (Å²) in [5.41, 5.74) is 4.21. The highest BCUT2D eigenvalue weighted by Crippen LogP contribution is 2.33. The number of hydrogen-bond donors (Lipinski definition) is 1. The second kappa shape index (κ2) is 4.84. The number of nitrogen functional groups attached to an aromatic ring is 1. The average molecular weight is 308 g/mol. The topological polar surface area (TPSA) is 43.1 Å². The first-order valence-electron chi connectivity index (χ1n) is 4.65. The molecule has 7 heteroatoms. The minimum absolute atomic E-state index is 0.0462. The molecule has 1 heterocycles. The molecule has 0 radical (unpaired) electrons. The molecule has 0 aliphatic heterocycles. The van der Waals surface area contributed by atoms with Gasteiger partial charge in [-0.2, -0.15) is 0 Å². The first-order valence-corrected chi connectivity index (χ1v) is 6.22. The van der Waals surface area contributed by atoms with Crippen LogP contribution in [-0.2, 0) is 0 Å². The Morgan fingerprint density at radius 3 is 2.50 bits per heavy atom. The average Bonchev–Trinajstić information content (AvgIpc) is 2.63. The largest absolute Gasteiger partial charge is 0.396 e. The van der Waals surface area contributed by atoms with E-state index < -0.39 is 23.0 Å². The number of thiophene rings is 1.